The van der Waals surface area contributed by atoms with Crippen molar-refractivity contribution in [3.8, 4) is 5.75 Å². The van der Waals surface area contributed by atoms with Crippen molar-refractivity contribution in [1.29, 1.82) is 0 Å². The van der Waals surface area contributed by atoms with Crippen LogP contribution in [0.1, 0.15) is 13.8 Å². The van der Waals surface area contributed by atoms with Crippen LogP contribution < -0.4 is 10.1 Å². The molecule has 0 spiro atoms. The molecule has 2 amide bonds. The Morgan fingerprint density at radius 1 is 1.24 bits per heavy atom. The number of esters is 1. The average Bonchev–Trinajstić information content (AvgIpc) is 2.91. The molecule has 1 aromatic carbocycles. The van der Waals surface area contributed by atoms with Gasteiger partial charge in [-0.2, -0.15) is 0 Å². The van der Waals surface area contributed by atoms with Gasteiger partial charge in [-0.15, -0.1) is 11.8 Å². The quantitative estimate of drug-likeness (QED) is 0.382. The molecule has 3 atom stereocenters. The minimum Gasteiger partial charge on any atom is -0.484 e. The second-order valence-corrected chi connectivity index (χ2v) is 11.4. The van der Waals surface area contributed by atoms with Crippen LogP contribution in [0.25, 0.3) is 0 Å². The van der Waals surface area contributed by atoms with E-state index in [1.807, 2.05) is 19.9 Å². The van der Waals surface area contributed by atoms with Gasteiger partial charge in [0.25, 0.3) is 5.91 Å². The summed E-state index contributed by atoms with van der Waals surface area (Å²) in [6, 6.07) is 7.30. The lowest BCUT2D eigenvalue weighted by Gasteiger charge is -2.43. The van der Waals surface area contributed by atoms with E-state index in [2.05, 4.69) is 5.32 Å². The Morgan fingerprint density at radius 3 is 2.52 bits per heavy atom. The molecule has 0 bridgehead atoms. The van der Waals surface area contributed by atoms with Crippen LogP contribution in [0.5, 0.6) is 5.75 Å². The first kappa shape index (κ1) is 22.3. The molecule has 1 N–H and O–H groups in total. The van der Waals surface area contributed by atoms with Gasteiger partial charge in [0.1, 0.15) is 29.8 Å². The summed E-state index contributed by atoms with van der Waals surface area (Å²) in [6.45, 7) is 3.00. The lowest BCUT2D eigenvalue weighted by atomic mass is 9.96. The lowest BCUT2D eigenvalue weighted by Crippen LogP contribution is -2.71. The molecular formula is C18H19Cl3N2O5S. The highest BCUT2D eigenvalue weighted by molar-refractivity contribution is 8.01. The number of benzene rings is 1. The van der Waals surface area contributed by atoms with Gasteiger partial charge < -0.3 is 19.7 Å². The van der Waals surface area contributed by atoms with E-state index in [0.29, 0.717) is 5.75 Å². The van der Waals surface area contributed by atoms with Crippen molar-refractivity contribution < 1.29 is 23.9 Å². The summed E-state index contributed by atoms with van der Waals surface area (Å²) < 4.78 is 8.10. The fourth-order valence-corrected chi connectivity index (χ4v) is 5.02. The second-order valence-electron chi connectivity index (χ2n) is 7.13. The molecule has 2 aliphatic rings. The standard InChI is InChI=1S/C18H19Cl3N2O5S/c1-17(2)13(16(26)28-9-18(19,20)21)23-14(25)12(15(23)29-17)22-11(24)8-27-10-6-4-3-5-7-10/h3-7,12-13,15H,8-9H2,1-2H3,(H,22,24)/t12-,13+,15-/m1/s1. The van der Waals surface area contributed by atoms with Crippen molar-refractivity contribution >= 4 is 64.3 Å². The molecule has 0 aliphatic carbocycles. The molecule has 1 aromatic rings. The summed E-state index contributed by atoms with van der Waals surface area (Å²) in [7, 11) is 0. The summed E-state index contributed by atoms with van der Waals surface area (Å²) >= 11 is 18.3. The van der Waals surface area contributed by atoms with Gasteiger partial charge in [0.05, 0.1) is 0 Å². The Kier molecular flexibility index (Phi) is 6.48. The molecule has 0 unspecified atom stereocenters. The van der Waals surface area contributed by atoms with E-state index in [1.165, 1.54) is 16.7 Å². The molecule has 7 nitrogen and oxygen atoms in total. The van der Waals surface area contributed by atoms with E-state index in [1.54, 1.807) is 24.3 Å². The van der Waals surface area contributed by atoms with Gasteiger partial charge in [0.2, 0.25) is 9.70 Å². The largest absolute Gasteiger partial charge is 0.484 e. The predicted octanol–water partition coefficient (Wildman–Crippen LogP) is 2.53. The summed E-state index contributed by atoms with van der Waals surface area (Å²) in [5, 5.41) is 2.28. The normalized spacial score (nSPS) is 25.1. The zero-order valence-corrected chi connectivity index (χ0v) is 18.6. The van der Waals surface area contributed by atoms with E-state index >= 15 is 0 Å². The fraction of sp³-hybridized carbons (Fsp3) is 0.500. The Labute approximate surface area is 187 Å². The van der Waals surface area contributed by atoms with Crippen molar-refractivity contribution in [3.63, 3.8) is 0 Å². The van der Waals surface area contributed by atoms with E-state index in [-0.39, 0.29) is 17.9 Å². The number of β-lactam (4-membered cyclic amide) rings is 1. The van der Waals surface area contributed by atoms with Crippen LogP contribution >= 0.6 is 46.6 Å². The first-order chi connectivity index (χ1) is 13.5. The molecule has 2 saturated heterocycles. The zero-order chi connectivity index (χ0) is 21.4. The monoisotopic (exact) mass is 480 g/mol. The van der Waals surface area contributed by atoms with Gasteiger partial charge in [-0.05, 0) is 26.0 Å². The maximum atomic E-state index is 12.6. The summed E-state index contributed by atoms with van der Waals surface area (Å²) in [5.74, 6) is -0.885. The van der Waals surface area contributed by atoms with Crippen molar-refractivity contribution in [1.82, 2.24) is 10.2 Å². The number of amides is 2. The van der Waals surface area contributed by atoms with Gasteiger partial charge in [-0.3, -0.25) is 9.59 Å². The fourth-order valence-electron chi connectivity index (χ4n) is 3.24. The van der Waals surface area contributed by atoms with Crippen molar-refractivity contribution in [2.24, 2.45) is 0 Å². The molecule has 29 heavy (non-hydrogen) atoms. The number of hydrogen-bond acceptors (Lipinski definition) is 6. The predicted molar refractivity (Wildman–Crippen MR) is 111 cm³/mol. The summed E-state index contributed by atoms with van der Waals surface area (Å²) in [4.78, 5) is 38.7. The number of thioether (sulfide) groups is 1. The second kappa shape index (κ2) is 8.41. The Bertz CT molecular complexity index is 802. The Balaban J connectivity index is 1.58. The van der Waals surface area contributed by atoms with Gasteiger partial charge in [0, 0.05) is 4.75 Å². The molecule has 2 aliphatic heterocycles. The molecule has 0 aromatic heterocycles. The minimum absolute atomic E-state index is 0.219. The molecule has 11 heteroatoms. The average molecular weight is 482 g/mol. The number of halogens is 3. The first-order valence-electron chi connectivity index (χ1n) is 8.70. The number of ether oxygens (including phenoxy) is 2. The Morgan fingerprint density at radius 2 is 1.90 bits per heavy atom. The molecule has 0 radical (unpaired) electrons. The number of carbonyl (C=O) groups excluding carboxylic acids is 3. The molecule has 3 rings (SSSR count). The van der Waals surface area contributed by atoms with Crippen molar-refractivity contribution in [2.75, 3.05) is 13.2 Å². The van der Waals surface area contributed by atoms with E-state index in [9.17, 15) is 14.4 Å². The van der Waals surface area contributed by atoms with E-state index < -0.39 is 39.1 Å². The van der Waals surface area contributed by atoms with Crippen LogP contribution in [0.2, 0.25) is 0 Å². The molecule has 2 heterocycles. The summed E-state index contributed by atoms with van der Waals surface area (Å²) in [6.07, 6.45) is 0. The van der Waals surface area contributed by atoms with Gasteiger partial charge >= 0.3 is 5.97 Å². The highest BCUT2D eigenvalue weighted by Gasteiger charge is 2.64. The third-order valence-corrected chi connectivity index (χ3v) is 6.37. The van der Waals surface area contributed by atoms with Crippen molar-refractivity contribution in [2.45, 2.75) is 39.8 Å². The highest BCUT2D eigenvalue weighted by atomic mass is 35.6. The van der Waals surface area contributed by atoms with Crippen LogP contribution in [0.4, 0.5) is 0 Å². The third kappa shape index (κ3) is 5.05. The Hall–Kier alpha value is -1.35. The van der Waals surface area contributed by atoms with Gasteiger partial charge in [-0.25, -0.2) is 4.79 Å². The van der Waals surface area contributed by atoms with Crippen LogP contribution in [-0.2, 0) is 19.1 Å². The van der Waals surface area contributed by atoms with Crippen LogP contribution in [0.15, 0.2) is 30.3 Å². The SMILES string of the molecule is CC1(C)S[C@@H]2[C@H](NC(=O)COc3ccccc3)C(=O)N2[C@H]1C(=O)OCC(Cl)(Cl)Cl. The molecule has 0 saturated carbocycles. The number of alkyl halides is 3. The molecule has 158 valence electrons. The minimum atomic E-state index is -1.74. The number of fused-ring (bicyclic) bond motifs is 1. The number of rotatable bonds is 6. The van der Waals surface area contributed by atoms with Crippen LogP contribution in [-0.4, -0.2) is 61.9 Å². The number of carbonyl (C=O) groups is 3. The number of hydrogen-bond donors (Lipinski definition) is 1. The van der Waals surface area contributed by atoms with Gasteiger partial charge in [-0.1, -0.05) is 53.0 Å². The van der Waals surface area contributed by atoms with E-state index in [0.717, 1.165) is 0 Å². The van der Waals surface area contributed by atoms with Gasteiger partial charge in [0.15, 0.2) is 6.61 Å². The number of nitrogens with one attached hydrogen (secondary N) is 1. The van der Waals surface area contributed by atoms with Crippen LogP contribution in [0.3, 0.4) is 0 Å². The number of nitrogens with zero attached hydrogens (tertiary/aromatic N) is 1. The lowest BCUT2D eigenvalue weighted by molar-refractivity contribution is -0.164. The zero-order valence-electron chi connectivity index (χ0n) is 15.6. The third-order valence-electron chi connectivity index (χ3n) is 4.47. The molecular weight excluding hydrogens is 463 g/mol. The smallest absolute Gasteiger partial charge is 0.330 e. The maximum Gasteiger partial charge on any atom is 0.330 e. The number of para-hydroxylation sites is 1. The van der Waals surface area contributed by atoms with E-state index in [4.69, 9.17) is 44.3 Å². The topological polar surface area (TPSA) is 84.9 Å². The summed E-state index contributed by atoms with van der Waals surface area (Å²) in [5.41, 5.74) is 0. The molecule has 2 fully saturated rings. The van der Waals surface area contributed by atoms with Crippen LogP contribution in [0, 0.1) is 0 Å². The first-order valence-corrected chi connectivity index (χ1v) is 10.7. The highest BCUT2D eigenvalue weighted by Crippen LogP contribution is 2.51. The maximum absolute atomic E-state index is 12.6. The van der Waals surface area contributed by atoms with Crippen molar-refractivity contribution in [3.05, 3.63) is 30.3 Å².